The summed E-state index contributed by atoms with van der Waals surface area (Å²) in [4.78, 5) is 49.9. The lowest BCUT2D eigenvalue weighted by Gasteiger charge is -2.18. The number of aryl methyl sites for hydroxylation is 1. The van der Waals surface area contributed by atoms with Crippen LogP contribution in [-0.4, -0.2) is 34.0 Å². The molecular weight excluding hydrogens is 552 g/mol. The highest BCUT2D eigenvalue weighted by Gasteiger charge is 2.23. The molecule has 0 spiro atoms. The van der Waals surface area contributed by atoms with E-state index >= 15 is 0 Å². The van der Waals surface area contributed by atoms with Crippen LogP contribution >= 0.6 is 23.4 Å². The van der Waals surface area contributed by atoms with Crippen molar-refractivity contribution in [2.45, 2.75) is 17.1 Å². The van der Waals surface area contributed by atoms with Gasteiger partial charge in [0.05, 0.1) is 16.7 Å². The molecule has 1 atom stereocenters. The molecule has 0 saturated carbocycles. The molecule has 0 fully saturated rings. The van der Waals surface area contributed by atoms with Crippen LogP contribution in [0.4, 0.5) is 11.4 Å². The van der Waals surface area contributed by atoms with Crippen LogP contribution in [0.3, 0.4) is 0 Å². The van der Waals surface area contributed by atoms with Gasteiger partial charge in [-0.15, -0.1) is 11.8 Å². The lowest BCUT2D eigenvalue weighted by Crippen LogP contribution is -2.19. The van der Waals surface area contributed by atoms with Crippen molar-refractivity contribution in [2.24, 2.45) is 0 Å². The van der Waals surface area contributed by atoms with Gasteiger partial charge in [0.1, 0.15) is 5.25 Å². The Hall–Kier alpha value is -4.60. The number of amides is 2. The van der Waals surface area contributed by atoms with Crippen LogP contribution in [0.2, 0.25) is 5.02 Å². The van der Waals surface area contributed by atoms with Crippen molar-refractivity contribution in [3.8, 4) is 0 Å². The minimum atomic E-state index is -1.43. The summed E-state index contributed by atoms with van der Waals surface area (Å²) >= 11 is 7.50. The molecule has 2 amide bonds. The fourth-order valence-electron chi connectivity index (χ4n) is 3.81. The van der Waals surface area contributed by atoms with E-state index in [0.717, 1.165) is 23.3 Å². The predicted molar refractivity (Wildman–Crippen MR) is 155 cm³/mol. The third kappa shape index (κ3) is 6.88. The molecule has 202 valence electrons. The summed E-state index contributed by atoms with van der Waals surface area (Å²) in [6.07, 6.45) is 0. The number of carboxylic acid groups (broad SMARTS) is 2. The maximum atomic E-state index is 13.4. The van der Waals surface area contributed by atoms with Crippen molar-refractivity contribution in [1.29, 1.82) is 0 Å². The highest BCUT2D eigenvalue weighted by Crippen LogP contribution is 2.37. The Morgan fingerprint density at radius 3 is 2.15 bits per heavy atom. The van der Waals surface area contributed by atoms with Gasteiger partial charge in [-0.3, -0.25) is 9.59 Å². The fraction of sp³-hybridized carbons (Fsp3) is 0.0667. The molecule has 0 aromatic heterocycles. The number of anilines is 2. The first-order chi connectivity index (χ1) is 19.1. The zero-order valence-electron chi connectivity index (χ0n) is 21.1. The predicted octanol–water partition coefficient (Wildman–Crippen LogP) is 6.77. The van der Waals surface area contributed by atoms with Crippen molar-refractivity contribution in [2.75, 3.05) is 10.6 Å². The quantitative estimate of drug-likeness (QED) is 0.162. The van der Waals surface area contributed by atoms with Crippen LogP contribution in [0.25, 0.3) is 0 Å². The van der Waals surface area contributed by atoms with Gasteiger partial charge in [-0.25, -0.2) is 9.59 Å². The molecule has 0 saturated heterocycles. The van der Waals surface area contributed by atoms with E-state index in [1.54, 1.807) is 36.4 Å². The number of aromatic carboxylic acids is 2. The lowest BCUT2D eigenvalue weighted by atomic mass is 10.0. The Labute approximate surface area is 239 Å². The first-order valence-electron chi connectivity index (χ1n) is 11.9. The minimum absolute atomic E-state index is 0.186. The van der Waals surface area contributed by atoms with E-state index in [1.165, 1.54) is 17.8 Å². The second-order valence-corrected chi connectivity index (χ2v) is 10.3. The van der Waals surface area contributed by atoms with Gasteiger partial charge in [0.15, 0.2) is 0 Å². The molecule has 4 aromatic carbocycles. The number of thioether (sulfide) groups is 1. The van der Waals surface area contributed by atoms with Gasteiger partial charge in [0.2, 0.25) is 5.91 Å². The minimum Gasteiger partial charge on any atom is -0.478 e. The maximum absolute atomic E-state index is 13.4. The molecule has 4 rings (SSSR count). The molecule has 4 aromatic rings. The number of carboxylic acids is 2. The van der Waals surface area contributed by atoms with E-state index in [4.69, 9.17) is 16.7 Å². The first kappa shape index (κ1) is 28.4. The number of hydrogen-bond acceptors (Lipinski definition) is 5. The maximum Gasteiger partial charge on any atom is 0.336 e. The standard InChI is InChI=1S/C30H23ClN2O6S/c1-17-10-12-21(16-25(17)31)33-28(35)26(18-6-3-2-4-7-18)40-22-9-5-8-20(15-22)32-27(34)23-13-11-19(29(36)37)14-24(23)30(38)39/h2-16,26H,1H3,(H,32,34)(H,33,35)(H,36,37)(H,38,39). The molecule has 10 heteroatoms. The van der Waals surface area contributed by atoms with Crippen molar-refractivity contribution >= 4 is 58.5 Å². The van der Waals surface area contributed by atoms with Crippen LogP contribution in [0.1, 0.15) is 47.5 Å². The van der Waals surface area contributed by atoms with Crippen LogP contribution in [0, 0.1) is 6.92 Å². The van der Waals surface area contributed by atoms with E-state index in [0.29, 0.717) is 21.3 Å². The van der Waals surface area contributed by atoms with Crippen LogP contribution < -0.4 is 10.6 Å². The van der Waals surface area contributed by atoms with Crippen molar-refractivity contribution < 1.29 is 29.4 Å². The summed E-state index contributed by atoms with van der Waals surface area (Å²) in [5, 5.41) is 24.1. The highest BCUT2D eigenvalue weighted by atomic mass is 35.5. The third-order valence-corrected chi connectivity index (χ3v) is 7.52. The number of rotatable bonds is 9. The molecule has 0 aliphatic heterocycles. The van der Waals surface area contributed by atoms with Crippen molar-refractivity contribution in [3.05, 3.63) is 124 Å². The van der Waals surface area contributed by atoms with Gasteiger partial charge >= 0.3 is 11.9 Å². The number of hydrogen-bond donors (Lipinski definition) is 4. The lowest BCUT2D eigenvalue weighted by molar-refractivity contribution is -0.115. The number of halogens is 1. The molecule has 0 aliphatic rings. The van der Waals surface area contributed by atoms with Gasteiger partial charge in [0.25, 0.3) is 5.91 Å². The molecule has 0 bridgehead atoms. The van der Waals surface area contributed by atoms with Gasteiger partial charge in [-0.2, -0.15) is 0 Å². The zero-order valence-corrected chi connectivity index (χ0v) is 22.6. The van der Waals surface area contributed by atoms with Crippen molar-refractivity contribution in [1.82, 2.24) is 0 Å². The Balaban J connectivity index is 1.57. The molecule has 0 aliphatic carbocycles. The second-order valence-electron chi connectivity index (χ2n) is 8.71. The van der Waals surface area contributed by atoms with E-state index < -0.39 is 28.7 Å². The average molecular weight is 575 g/mol. The Bertz CT molecular complexity index is 1610. The van der Waals surface area contributed by atoms with E-state index in [1.807, 2.05) is 43.3 Å². The zero-order chi connectivity index (χ0) is 28.8. The largest absolute Gasteiger partial charge is 0.478 e. The number of carbonyl (C=O) groups is 4. The van der Waals surface area contributed by atoms with Crippen LogP contribution in [0.5, 0.6) is 0 Å². The smallest absolute Gasteiger partial charge is 0.336 e. The van der Waals surface area contributed by atoms with Crippen molar-refractivity contribution in [3.63, 3.8) is 0 Å². The number of nitrogens with one attached hydrogen (secondary N) is 2. The van der Waals surface area contributed by atoms with Gasteiger partial charge < -0.3 is 20.8 Å². The van der Waals surface area contributed by atoms with Gasteiger partial charge in [-0.1, -0.05) is 54.1 Å². The van der Waals surface area contributed by atoms with E-state index in [2.05, 4.69) is 10.6 Å². The molecule has 0 heterocycles. The van der Waals surface area contributed by atoms with Crippen LogP contribution in [0.15, 0.2) is 95.9 Å². The topological polar surface area (TPSA) is 133 Å². The summed E-state index contributed by atoms with van der Waals surface area (Å²) in [5.41, 5.74) is 1.72. The number of benzene rings is 4. The van der Waals surface area contributed by atoms with Gasteiger partial charge in [-0.05, 0) is 66.6 Å². The van der Waals surface area contributed by atoms with Gasteiger partial charge in [0, 0.05) is 21.3 Å². The Morgan fingerprint density at radius 2 is 1.48 bits per heavy atom. The van der Waals surface area contributed by atoms with E-state index in [9.17, 15) is 24.3 Å². The second kappa shape index (κ2) is 12.5. The van der Waals surface area contributed by atoms with Crippen LogP contribution in [-0.2, 0) is 4.79 Å². The number of carbonyl (C=O) groups excluding carboxylic acids is 2. The molecule has 4 N–H and O–H groups in total. The molecule has 1 unspecified atom stereocenters. The van der Waals surface area contributed by atoms with E-state index in [-0.39, 0.29) is 17.0 Å². The summed E-state index contributed by atoms with van der Waals surface area (Å²) in [6.45, 7) is 1.87. The monoisotopic (exact) mass is 574 g/mol. The molecule has 0 radical (unpaired) electrons. The average Bonchev–Trinajstić information content (AvgIpc) is 2.94. The summed E-state index contributed by atoms with van der Waals surface area (Å²) in [7, 11) is 0. The summed E-state index contributed by atoms with van der Waals surface area (Å²) in [5.74, 6) is -3.72. The fourth-order valence-corrected chi connectivity index (χ4v) is 5.08. The normalized spacial score (nSPS) is 11.3. The Kier molecular flexibility index (Phi) is 8.88. The molecular formula is C30H23ClN2O6S. The molecule has 8 nitrogen and oxygen atoms in total. The molecule has 40 heavy (non-hydrogen) atoms. The SMILES string of the molecule is Cc1ccc(NC(=O)C(Sc2cccc(NC(=O)c3ccc(C(=O)O)cc3C(=O)O)c2)c2ccccc2)cc1Cl. The highest BCUT2D eigenvalue weighted by molar-refractivity contribution is 8.00. The third-order valence-electron chi connectivity index (χ3n) is 5.87. The first-order valence-corrected chi connectivity index (χ1v) is 13.2. The Morgan fingerprint density at radius 1 is 0.750 bits per heavy atom. The summed E-state index contributed by atoms with van der Waals surface area (Å²) < 4.78 is 0. The summed E-state index contributed by atoms with van der Waals surface area (Å²) in [6, 6.07) is 24.6.